The zero-order valence-electron chi connectivity index (χ0n) is 10.4. The van der Waals surface area contributed by atoms with Crippen LogP contribution in [-0.2, 0) is 10.0 Å². The molecule has 2 aromatic heterocycles. The predicted octanol–water partition coefficient (Wildman–Crippen LogP) is 3.14. The monoisotopic (exact) mass is 316 g/mol. The van der Waals surface area contributed by atoms with E-state index in [1.165, 1.54) is 12.3 Å². The van der Waals surface area contributed by atoms with Crippen LogP contribution in [0.5, 0.6) is 0 Å². The molecule has 7 heteroatoms. The Morgan fingerprint density at radius 1 is 1.37 bits per heavy atom. The number of nitrogens with zero attached hydrogens (tertiary/aromatic N) is 1. The molecular formula is C12H13ClN2O2S2. The molecule has 0 fully saturated rings. The van der Waals surface area contributed by atoms with Crippen LogP contribution in [0.1, 0.15) is 22.7 Å². The first-order valence-electron chi connectivity index (χ1n) is 5.59. The lowest BCUT2D eigenvalue weighted by molar-refractivity contribution is 0.568. The minimum Gasteiger partial charge on any atom is -0.243 e. The Morgan fingerprint density at radius 2 is 2.11 bits per heavy atom. The summed E-state index contributed by atoms with van der Waals surface area (Å²) in [6.07, 6.45) is 1.45. The van der Waals surface area contributed by atoms with Gasteiger partial charge in [-0.05, 0) is 38.1 Å². The van der Waals surface area contributed by atoms with Crippen molar-refractivity contribution in [1.29, 1.82) is 0 Å². The molecule has 1 N–H and O–H groups in total. The minimum atomic E-state index is -3.67. The van der Waals surface area contributed by atoms with Crippen molar-refractivity contribution in [3.05, 3.63) is 45.4 Å². The third kappa shape index (κ3) is 3.33. The highest BCUT2D eigenvalue weighted by molar-refractivity contribution is 7.89. The lowest BCUT2D eigenvalue weighted by Crippen LogP contribution is -2.26. The van der Waals surface area contributed by atoms with Gasteiger partial charge >= 0.3 is 0 Å². The maximum atomic E-state index is 12.2. The van der Waals surface area contributed by atoms with Crippen molar-refractivity contribution in [2.75, 3.05) is 0 Å². The molecule has 0 saturated carbocycles. The van der Waals surface area contributed by atoms with Crippen molar-refractivity contribution in [2.24, 2.45) is 0 Å². The molecule has 0 saturated heterocycles. The Kier molecular flexibility index (Phi) is 4.25. The molecule has 0 aliphatic rings. The summed E-state index contributed by atoms with van der Waals surface area (Å²) >= 11 is 7.38. The molecule has 0 bridgehead atoms. The molecule has 4 nitrogen and oxygen atoms in total. The molecule has 0 spiro atoms. The first-order valence-corrected chi connectivity index (χ1v) is 8.27. The summed E-state index contributed by atoms with van der Waals surface area (Å²) in [7, 11) is -3.67. The van der Waals surface area contributed by atoms with E-state index in [0.29, 0.717) is 0 Å². The Bertz CT molecular complexity index is 683. The van der Waals surface area contributed by atoms with E-state index >= 15 is 0 Å². The second-order valence-electron chi connectivity index (χ2n) is 4.08. The van der Waals surface area contributed by atoms with E-state index in [1.54, 1.807) is 24.3 Å². The van der Waals surface area contributed by atoms with E-state index in [9.17, 15) is 8.42 Å². The third-order valence-electron chi connectivity index (χ3n) is 2.53. The quantitative estimate of drug-likeness (QED) is 0.882. The van der Waals surface area contributed by atoms with Gasteiger partial charge in [-0.3, -0.25) is 0 Å². The fourth-order valence-electron chi connectivity index (χ4n) is 1.61. The van der Waals surface area contributed by atoms with Crippen molar-refractivity contribution in [3.8, 4) is 0 Å². The Hall–Kier alpha value is -0.950. The number of thiophene rings is 1. The van der Waals surface area contributed by atoms with Gasteiger partial charge in [0, 0.05) is 16.0 Å². The average Bonchev–Trinajstić information content (AvgIpc) is 2.76. The average molecular weight is 317 g/mol. The predicted molar refractivity (Wildman–Crippen MR) is 77.0 cm³/mol. The zero-order valence-corrected chi connectivity index (χ0v) is 12.8. The molecule has 0 amide bonds. The third-order valence-corrected chi connectivity index (χ3v) is 5.70. The van der Waals surface area contributed by atoms with Gasteiger partial charge in [-0.1, -0.05) is 11.6 Å². The van der Waals surface area contributed by atoms with E-state index in [1.807, 2.05) is 19.1 Å². The van der Waals surface area contributed by atoms with Crippen LogP contribution in [0.2, 0.25) is 5.15 Å². The first kappa shape index (κ1) is 14.5. The summed E-state index contributed by atoms with van der Waals surface area (Å²) in [4.78, 5) is 5.87. The van der Waals surface area contributed by atoms with Crippen LogP contribution >= 0.6 is 22.9 Å². The summed E-state index contributed by atoms with van der Waals surface area (Å²) < 4.78 is 27.0. The topological polar surface area (TPSA) is 59.1 Å². The molecule has 2 heterocycles. The second-order valence-corrected chi connectivity index (χ2v) is 7.44. The van der Waals surface area contributed by atoms with Crippen LogP contribution in [-0.4, -0.2) is 13.4 Å². The van der Waals surface area contributed by atoms with Gasteiger partial charge in [0.25, 0.3) is 0 Å². The molecule has 19 heavy (non-hydrogen) atoms. The van der Waals surface area contributed by atoms with E-state index in [0.717, 1.165) is 9.75 Å². The number of hydrogen-bond acceptors (Lipinski definition) is 4. The molecule has 0 aliphatic carbocycles. The summed E-state index contributed by atoms with van der Waals surface area (Å²) in [5.74, 6) is 0. The van der Waals surface area contributed by atoms with Crippen LogP contribution in [0.25, 0.3) is 0 Å². The van der Waals surface area contributed by atoms with Gasteiger partial charge in [0.2, 0.25) is 10.0 Å². The van der Waals surface area contributed by atoms with Gasteiger partial charge in [0.15, 0.2) is 0 Å². The van der Waals surface area contributed by atoms with Crippen LogP contribution < -0.4 is 4.72 Å². The van der Waals surface area contributed by atoms with Crippen LogP contribution in [0.4, 0.5) is 0 Å². The summed E-state index contributed by atoms with van der Waals surface area (Å²) in [6, 6.07) is 6.55. The summed E-state index contributed by atoms with van der Waals surface area (Å²) in [5.41, 5.74) is 0. The van der Waals surface area contributed by atoms with Crippen molar-refractivity contribution < 1.29 is 8.42 Å². The summed E-state index contributed by atoms with van der Waals surface area (Å²) in [6.45, 7) is 3.78. The number of sulfonamides is 1. The highest BCUT2D eigenvalue weighted by atomic mass is 35.5. The minimum absolute atomic E-state index is 0.00297. The molecule has 1 unspecified atom stereocenters. The number of rotatable bonds is 4. The maximum absolute atomic E-state index is 12.2. The Morgan fingerprint density at radius 3 is 2.68 bits per heavy atom. The maximum Gasteiger partial charge on any atom is 0.244 e. The molecule has 1 atom stereocenters. The van der Waals surface area contributed by atoms with Crippen molar-refractivity contribution >= 4 is 33.0 Å². The lowest BCUT2D eigenvalue weighted by atomic mass is 10.3. The zero-order chi connectivity index (χ0) is 14.0. The standard InChI is InChI=1S/C12H13ClN2O2S2/c1-8-5-6-10(18-8)9(2)15-19(16,17)11-4-3-7-14-12(11)13/h3-7,9,15H,1-2H3. The molecule has 0 aromatic carbocycles. The van der Waals surface area contributed by atoms with Gasteiger partial charge in [-0.25, -0.2) is 18.1 Å². The fraction of sp³-hybridized carbons (Fsp3) is 0.250. The number of hydrogen-bond donors (Lipinski definition) is 1. The van der Waals surface area contributed by atoms with E-state index < -0.39 is 10.0 Å². The first-order chi connectivity index (χ1) is 8.90. The van der Waals surface area contributed by atoms with E-state index in [2.05, 4.69) is 9.71 Å². The number of aromatic nitrogens is 1. The van der Waals surface area contributed by atoms with Crippen LogP contribution in [0.15, 0.2) is 35.4 Å². The van der Waals surface area contributed by atoms with E-state index in [-0.39, 0.29) is 16.1 Å². The normalized spacial score (nSPS) is 13.4. The molecule has 2 aromatic rings. The molecule has 2 rings (SSSR count). The van der Waals surface area contributed by atoms with Gasteiger partial charge < -0.3 is 0 Å². The highest BCUT2D eigenvalue weighted by Gasteiger charge is 2.22. The largest absolute Gasteiger partial charge is 0.244 e. The van der Waals surface area contributed by atoms with Crippen molar-refractivity contribution in [3.63, 3.8) is 0 Å². The van der Waals surface area contributed by atoms with Gasteiger partial charge in [-0.2, -0.15) is 0 Å². The van der Waals surface area contributed by atoms with E-state index in [4.69, 9.17) is 11.6 Å². The van der Waals surface area contributed by atoms with Crippen LogP contribution in [0, 0.1) is 6.92 Å². The molecule has 0 aliphatic heterocycles. The fourth-order valence-corrected chi connectivity index (χ4v) is 4.24. The van der Waals surface area contributed by atoms with Crippen LogP contribution in [0.3, 0.4) is 0 Å². The van der Waals surface area contributed by atoms with Crippen molar-refractivity contribution in [2.45, 2.75) is 24.8 Å². The lowest BCUT2D eigenvalue weighted by Gasteiger charge is -2.13. The number of aryl methyl sites for hydroxylation is 1. The molecule has 0 radical (unpaired) electrons. The summed E-state index contributed by atoms with van der Waals surface area (Å²) in [5, 5.41) is -0.0236. The van der Waals surface area contributed by atoms with Gasteiger partial charge in [0.1, 0.15) is 10.0 Å². The smallest absolute Gasteiger partial charge is 0.243 e. The number of halogens is 1. The number of pyridine rings is 1. The molecular weight excluding hydrogens is 304 g/mol. The van der Waals surface area contributed by atoms with Gasteiger partial charge in [-0.15, -0.1) is 11.3 Å². The second kappa shape index (κ2) is 5.58. The molecule has 102 valence electrons. The highest BCUT2D eigenvalue weighted by Crippen LogP contribution is 2.25. The van der Waals surface area contributed by atoms with Gasteiger partial charge in [0.05, 0.1) is 6.04 Å². The number of nitrogens with one attached hydrogen (secondary N) is 1. The Balaban J connectivity index is 2.25. The Labute approximate surface area is 121 Å². The SMILES string of the molecule is Cc1ccc(C(C)NS(=O)(=O)c2cccnc2Cl)s1. The van der Waals surface area contributed by atoms with Crippen molar-refractivity contribution in [1.82, 2.24) is 9.71 Å².